The number of piperidine rings is 1. The van der Waals surface area contributed by atoms with Gasteiger partial charge in [0.15, 0.2) is 0 Å². The van der Waals surface area contributed by atoms with Crippen LogP contribution in [0.4, 0.5) is 0 Å². The summed E-state index contributed by atoms with van der Waals surface area (Å²) in [4.78, 5) is 23.4. The summed E-state index contributed by atoms with van der Waals surface area (Å²) in [5, 5.41) is 15.3. The number of carboxylic acids is 1. The summed E-state index contributed by atoms with van der Waals surface area (Å²) in [5.74, 6) is -1.02. The minimum atomic E-state index is -1.01. The Morgan fingerprint density at radius 1 is 1.28 bits per heavy atom. The van der Waals surface area contributed by atoms with Crippen molar-refractivity contribution >= 4 is 11.9 Å². The van der Waals surface area contributed by atoms with Gasteiger partial charge in [-0.15, -0.1) is 0 Å². The molecule has 0 aromatic rings. The lowest BCUT2D eigenvalue weighted by atomic mass is 9.74. The molecule has 1 atom stereocenters. The summed E-state index contributed by atoms with van der Waals surface area (Å²) in [7, 11) is 0. The molecule has 104 valence electrons. The monoisotopic (exact) mass is 256 g/mol. The highest BCUT2D eigenvalue weighted by Gasteiger charge is 2.45. The quantitative estimate of drug-likeness (QED) is 0.701. The fourth-order valence-corrected chi connectivity index (χ4v) is 1.91. The molecule has 0 bridgehead atoms. The van der Waals surface area contributed by atoms with Gasteiger partial charge >= 0.3 is 5.97 Å². The maximum Gasteiger partial charge on any atom is 0.311 e. The van der Waals surface area contributed by atoms with Crippen LogP contribution >= 0.6 is 0 Å². The highest BCUT2D eigenvalue weighted by molar-refractivity contribution is 5.82. The van der Waals surface area contributed by atoms with Crippen LogP contribution in [0.1, 0.15) is 40.5 Å². The van der Waals surface area contributed by atoms with Gasteiger partial charge in [-0.2, -0.15) is 0 Å². The van der Waals surface area contributed by atoms with Crippen LogP contribution in [0.25, 0.3) is 0 Å². The minimum Gasteiger partial charge on any atom is -0.481 e. The summed E-state index contributed by atoms with van der Waals surface area (Å²) in [5.41, 5.74) is -1.79. The number of carbonyl (C=O) groups is 2. The topological polar surface area (TPSA) is 78.4 Å². The van der Waals surface area contributed by atoms with Gasteiger partial charge in [0.25, 0.3) is 0 Å². The molecule has 0 aliphatic carbocycles. The molecule has 0 aromatic carbocycles. The second kappa shape index (κ2) is 5.26. The maximum absolute atomic E-state index is 12.1. The van der Waals surface area contributed by atoms with Gasteiger partial charge in [0, 0.05) is 12.1 Å². The van der Waals surface area contributed by atoms with Gasteiger partial charge < -0.3 is 15.7 Å². The zero-order chi connectivity index (χ0) is 14.0. The zero-order valence-corrected chi connectivity index (χ0v) is 11.7. The molecule has 0 saturated carbocycles. The van der Waals surface area contributed by atoms with Crippen molar-refractivity contribution in [2.24, 2.45) is 11.3 Å². The first-order valence-corrected chi connectivity index (χ1v) is 6.44. The first-order chi connectivity index (χ1) is 8.18. The van der Waals surface area contributed by atoms with Crippen molar-refractivity contribution in [1.29, 1.82) is 0 Å². The van der Waals surface area contributed by atoms with Crippen molar-refractivity contribution in [2.75, 3.05) is 13.1 Å². The van der Waals surface area contributed by atoms with Gasteiger partial charge in [0.05, 0.1) is 11.3 Å². The Kier molecular flexibility index (Phi) is 4.37. The predicted octanol–water partition coefficient (Wildman–Crippen LogP) is 0.992. The predicted molar refractivity (Wildman–Crippen MR) is 69.2 cm³/mol. The van der Waals surface area contributed by atoms with Gasteiger partial charge in [0.1, 0.15) is 0 Å². The molecular weight excluding hydrogens is 232 g/mol. The van der Waals surface area contributed by atoms with Crippen LogP contribution < -0.4 is 10.6 Å². The van der Waals surface area contributed by atoms with E-state index in [0.717, 1.165) is 19.4 Å². The molecule has 0 radical (unpaired) electrons. The number of hydrogen-bond donors (Lipinski definition) is 3. The Morgan fingerprint density at radius 2 is 1.89 bits per heavy atom. The van der Waals surface area contributed by atoms with E-state index >= 15 is 0 Å². The molecule has 1 fully saturated rings. The van der Waals surface area contributed by atoms with Crippen LogP contribution in [0.2, 0.25) is 0 Å². The molecular formula is C13H24N2O3. The van der Waals surface area contributed by atoms with Crippen LogP contribution in [-0.4, -0.2) is 35.6 Å². The van der Waals surface area contributed by atoms with Crippen LogP contribution in [0, 0.1) is 11.3 Å². The fraction of sp³-hybridized carbons (Fsp3) is 0.846. The summed E-state index contributed by atoms with van der Waals surface area (Å²) in [6, 6.07) is 0. The summed E-state index contributed by atoms with van der Waals surface area (Å²) in [6.07, 6.45) is 1.85. The maximum atomic E-state index is 12.1. The molecule has 3 N–H and O–H groups in total. The van der Waals surface area contributed by atoms with Crippen LogP contribution in [-0.2, 0) is 9.59 Å². The molecule has 0 unspecified atom stereocenters. The van der Waals surface area contributed by atoms with Crippen molar-refractivity contribution in [3.63, 3.8) is 0 Å². The van der Waals surface area contributed by atoms with Gasteiger partial charge in [-0.05, 0) is 47.1 Å². The van der Waals surface area contributed by atoms with Crippen molar-refractivity contribution < 1.29 is 14.7 Å². The first kappa shape index (κ1) is 15.0. The molecule has 5 nitrogen and oxygen atoms in total. The Bertz CT molecular complexity index is 331. The van der Waals surface area contributed by atoms with Gasteiger partial charge in [0.2, 0.25) is 5.91 Å². The lowest BCUT2D eigenvalue weighted by Crippen LogP contribution is -2.59. The smallest absolute Gasteiger partial charge is 0.311 e. The van der Waals surface area contributed by atoms with Crippen LogP contribution in [0.3, 0.4) is 0 Å². The van der Waals surface area contributed by atoms with Gasteiger partial charge in [-0.3, -0.25) is 9.59 Å². The Hall–Kier alpha value is -1.10. The normalized spacial score (nSPS) is 21.4. The molecule has 1 amide bonds. The van der Waals surface area contributed by atoms with Crippen LogP contribution in [0.5, 0.6) is 0 Å². The van der Waals surface area contributed by atoms with E-state index in [2.05, 4.69) is 10.6 Å². The molecule has 18 heavy (non-hydrogen) atoms. The number of carboxylic acid groups (broad SMARTS) is 1. The Morgan fingerprint density at radius 3 is 2.33 bits per heavy atom. The third-order valence-corrected chi connectivity index (χ3v) is 4.20. The summed E-state index contributed by atoms with van der Waals surface area (Å²) < 4.78 is 0. The van der Waals surface area contributed by atoms with E-state index in [1.54, 1.807) is 27.7 Å². The Labute approximate surface area is 108 Å². The number of hydrogen-bond acceptors (Lipinski definition) is 3. The minimum absolute atomic E-state index is 0.0531. The van der Waals surface area contributed by atoms with Crippen molar-refractivity contribution in [3.05, 3.63) is 0 Å². The van der Waals surface area contributed by atoms with E-state index in [0.29, 0.717) is 6.54 Å². The molecule has 1 rings (SSSR count). The zero-order valence-electron chi connectivity index (χ0n) is 11.7. The first-order valence-electron chi connectivity index (χ1n) is 6.44. The summed E-state index contributed by atoms with van der Waals surface area (Å²) >= 11 is 0. The van der Waals surface area contributed by atoms with Crippen molar-refractivity contribution in [1.82, 2.24) is 10.6 Å². The molecule has 1 heterocycles. The number of carbonyl (C=O) groups excluding carboxylic acids is 1. The average molecular weight is 256 g/mol. The lowest BCUT2D eigenvalue weighted by molar-refractivity contribution is -0.152. The molecule has 1 aliphatic rings. The molecule has 0 spiro atoms. The lowest BCUT2D eigenvalue weighted by Gasteiger charge is -2.40. The van der Waals surface area contributed by atoms with E-state index < -0.39 is 16.9 Å². The molecule has 5 heteroatoms. The molecule has 1 aliphatic heterocycles. The SMILES string of the molecule is CC(C)(NC(=O)[C@H]1CCCNC1)C(C)(C)C(=O)O. The van der Waals surface area contributed by atoms with Crippen molar-refractivity contribution in [3.8, 4) is 0 Å². The third-order valence-electron chi connectivity index (χ3n) is 4.20. The Balaban J connectivity index is 2.70. The van der Waals surface area contributed by atoms with E-state index in [9.17, 15) is 14.7 Å². The number of aliphatic carboxylic acids is 1. The van der Waals surface area contributed by atoms with Gasteiger partial charge in [-0.1, -0.05) is 0 Å². The second-order valence-corrected chi connectivity index (χ2v) is 6.09. The highest BCUT2D eigenvalue weighted by Crippen LogP contribution is 2.31. The second-order valence-electron chi connectivity index (χ2n) is 6.09. The number of rotatable bonds is 4. The largest absolute Gasteiger partial charge is 0.481 e. The van der Waals surface area contributed by atoms with E-state index in [1.165, 1.54) is 0 Å². The molecule has 0 aromatic heterocycles. The van der Waals surface area contributed by atoms with E-state index in [1.807, 2.05) is 0 Å². The standard InChI is InChI=1S/C13H24N2O3/c1-12(2,11(17)18)13(3,4)15-10(16)9-6-5-7-14-8-9/h9,14H,5-8H2,1-4H3,(H,15,16)(H,17,18)/t9-/m0/s1. The van der Waals surface area contributed by atoms with E-state index in [-0.39, 0.29) is 11.8 Å². The highest BCUT2D eigenvalue weighted by atomic mass is 16.4. The number of nitrogens with one attached hydrogen (secondary N) is 2. The van der Waals surface area contributed by atoms with Crippen LogP contribution in [0.15, 0.2) is 0 Å². The van der Waals surface area contributed by atoms with Crippen molar-refractivity contribution in [2.45, 2.75) is 46.1 Å². The third kappa shape index (κ3) is 3.02. The van der Waals surface area contributed by atoms with Gasteiger partial charge in [-0.25, -0.2) is 0 Å². The fourth-order valence-electron chi connectivity index (χ4n) is 1.91. The molecule has 1 saturated heterocycles. The summed E-state index contributed by atoms with van der Waals surface area (Å²) in [6.45, 7) is 8.41. The average Bonchev–Trinajstić information content (AvgIpc) is 2.29. The number of amides is 1. The van der Waals surface area contributed by atoms with E-state index in [4.69, 9.17) is 0 Å².